The topological polar surface area (TPSA) is 143 Å². The third-order valence-electron chi connectivity index (χ3n) is 7.02. The van der Waals surface area contributed by atoms with Gasteiger partial charge in [0, 0.05) is 5.69 Å². The predicted octanol–water partition coefficient (Wildman–Crippen LogP) is 3.38. The standard InChI is InChI=1S/C31H24N4O6/c1-40-30(38)25-24(19-8-4-3-5-9-19)23(16-32)27(33)35(26(25)31(39)41-2)20-14-12-18(13-15-20)17-34-28(36)21-10-6-7-11-22(21)29(34)37/h3-15,24H,17,33H2,1-2H3. The zero-order valence-electron chi connectivity index (χ0n) is 22.2. The zero-order chi connectivity index (χ0) is 29.3. The second-order valence-corrected chi connectivity index (χ2v) is 9.24. The van der Waals surface area contributed by atoms with E-state index in [4.69, 9.17) is 15.2 Å². The lowest BCUT2D eigenvalue weighted by atomic mass is 9.81. The van der Waals surface area contributed by atoms with Crippen LogP contribution in [0.15, 0.2) is 102 Å². The number of fused-ring (bicyclic) bond motifs is 1. The number of methoxy groups -OCH3 is 2. The van der Waals surface area contributed by atoms with Crippen molar-refractivity contribution in [2.45, 2.75) is 12.5 Å². The Balaban J connectivity index is 1.57. The number of hydrogen-bond donors (Lipinski definition) is 1. The average Bonchev–Trinajstić information content (AvgIpc) is 3.25. The Labute approximate surface area is 235 Å². The summed E-state index contributed by atoms with van der Waals surface area (Å²) in [6, 6.07) is 24.0. The predicted molar refractivity (Wildman–Crippen MR) is 147 cm³/mol. The molecule has 1 atom stereocenters. The van der Waals surface area contributed by atoms with Crippen molar-refractivity contribution in [3.63, 3.8) is 0 Å². The smallest absolute Gasteiger partial charge is 0.355 e. The van der Waals surface area contributed by atoms with E-state index in [2.05, 4.69) is 6.07 Å². The van der Waals surface area contributed by atoms with Gasteiger partial charge in [-0.15, -0.1) is 0 Å². The molecule has 2 aliphatic rings. The first-order valence-electron chi connectivity index (χ1n) is 12.5. The summed E-state index contributed by atoms with van der Waals surface area (Å²) in [6.45, 7) is 0.0184. The van der Waals surface area contributed by atoms with E-state index in [0.29, 0.717) is 27.9 Å². The van der Waals surface area contributed by atoms with Crippen LogP contribution in [0.1, 0.15) is 37.8 Å². The summed E-state index contributed by atoms with van der Waals surface area (Å²) < 4.78 is 10.1. The van der Waals surface area contributed by atoms with Crippen LogP contribution in [0.3, 0.4) is 0 Å². The third-order valence-corrected chi connectivity index (χ3v) is 7.02. The molecule has 0 saturated carbocycles. The van der Waals surface area contributed by atoms with E-state index >= 15 is 0 Å². The van der Waals surface area contributed by atoms with Crippen LogP contribution in [0.25, 0.3) is 0 Å². The molecule has 2 heterocycles. The molecule has 3 aromatic rings. The van der Waals surface area contributed by atoms with Gasteiger partial charge in [-0.05, 0) is 35.4 Å². The minimum Gasteiger partial charge on any atom is -0.466 e. The molecular weight excluding hydrogens is 524 g/mol. The molecule has 204 valence electrons. The number of nitrogens with two attached hydrogens (primary N) is 1. The van der Waals surface area contributed by atoms with Gasteiger partial charge in [0.05, 0.1) is 55.0 Å². The Hall–Kier alpha value is -5.69. The van der Waals surface area contributed by atoms with Crippen LogP contribution in [0, 0.1) is 11.3 Å². The third kappa shape index (κ3) is 4.49. The number of nitrogens with zero attached hydrogens (tertiary/aromatic N) is 3. The summed E-state index contributed by atoms with van der Waals surface area (Å²) in [6.07, 6.45) is 0. The molecule has 2 amide bonds. The number of carbonyl (C=O) groups is 4. The number of benzene rings is 3. The molecule has 0 aromatic heterocycles. The molecule has 0 aliphatic carbocycles. The minimum absolute atomic E-state index is 0.0184. The molecule has 3 aromatic carbocycles. The van der Waals surface area contributed by atoms with Crippen LogP contribution in [-0.4, -0.2) is 42.9 Å². The molecule has 1 unspecified atom stereocenters. The minimum atomic E-state index is -0.980. The molecular formula is C31H24N4O6. The van der Waals surface area contributed by atoms with Crippen molar-refractivity contribution < 1.29 is 28.7 Å². The van der Waals surface area contributed by atoms with Crippen molar-refractivity contribution in [3.8, 4) is 6.07 Å². The molecule has 10 nitrogen and oxygen atoms in total. The van der Waals surface area contributed by atoms with Crippen LogP contribution in [0.4, 0.5) is 5.69 Å². The number of imide groups is 1. The molecule has 0 bridgehead atoms. The van der Waals surface area contributed by atoms with Crippen molar-refractivity contribution >= 4 is 29.4 Å². The van der Waals surface area contributed by atoms with Crippen molar-refractivity contribution in [3.05, 3.63) is 124 Å². The van der Waals surface area contributed by atoms with Gasteiger partial charge in [-0.25, -0.2) is 9.59 Å². The fourth-order valence-electron chi connectivity index (χ4n) is 5.10. The monoisotopic (exact) mass is 548 g/mol. The average molecular weight is 549 g/mol. The second kappa shape index (κ2) is 10.8. The van der Waals surface area contributed by atoms with Gasteiger partial charge in [0.1, 0.15) is 11.5 Å². The quantitative estimate of drug-likeness (QED) is 0.362. The fourth-order valence-corrected chi connectivity index (χ4v) is 5.10. The lowest BCUT2D eigenvalue weighted by Crippen LogP contribution is -2.40. The number of amides is 2. The number of rotatable bonds is 6. The Morgan fingerprint density at radius 3 is 1.95 bits per heavy atom. The molecule has 2 N–H and O–H groups in total. The number of hydrogen-bond acceptors (Lipinski definition) is 9. The first-order valence-corrected chi connectivity index (χ1v) is 12.5. The molecule has 41 heavy (non-hydrogen) atoms. The molecule has 5 rings (SSSR count). The van der Waals surface area contributed by atoms with Gasteiger partial charge >= 0.3 is 11.9 Å². The van der Waals surface area contributed by atoms with Crippen molar-refractivity contribution in [1.82, 2.24) is 4.90 Å². The first kappa shape index (κ1) is 26.9. The van der Waals surface area contributed by atoms with E-state index in [1.165, 1.54) is 19.1 Å². The highest BCUT2D eigenvalue weighted by Gasteiger charge is 2.43. The molecule has 0 saturated heterocycles. The van der Waals surface area contributed by atoms with E-state index in [9.17, 15) is 24.4 Å². The van der Waals surface area contributed by atoms with Crippen LogP contribution in [-0.2, 0) is 25.6 Å². The lowest BCUT2D eigenvalue weighted by Gasteiger charge is -2.36. The van der Waals surface area contributed by atoms with Gasteiger partial charge in [-0.1, -0.05) is 54.6 Å². The summed E-state index contributed by atoms with van der Waals surface area (Å²) >= 11 is 0. The first-order chi connectivity index (χ1) is 19.8. The molecule has 2 aliphatic heterocycles. The van der Waals surface area contributed by atoms with E-state index in [1.807, 2.05) is 0 Å². The number of carbonyl (C=O) groups excluding carboxylic acids is 4. The number of allylic oxidation sites excluding steroid dienone is 1. The van der Waals surface area contributed by atoms with Gasteiger partial charge in [-0.3, -0.25) is 19.4 Å². The van der Waals surface area contributed by atoms with Gasteiger partial charge < -0.3 is 15.2 Å². The second-order valence-electron chi connectivity index (χ2n) is 9.24. The van der Waals surface area contributed by atoms with Crippen molar-refractivity contribution in [1.29, 1.82) is 5.26 Å². The number of anilines is 1. The van der Waals surface area contributed by atoms with Gasteiger partial charge in [0.25, 0.3) is 11.8 Å². The van der Waals surface area contributed by atoms with Gasteiger partial charge in [-0.2, -0.15) is 5.26 Å². The van der Waals surface area contributed by atoms with Crippen LogP contribution < -0.4 is 10.6 Å². The van der Waals surface area contributed by atoms with Gasteiger partial charge in [0.2, 0.25) is 0 Å². The lowest BCUT2D eigenvalue weighted by molar-refractivity contribution is -0.139. The van der Waals surface area contributed by atoms with Crippen LogP contribution >= 0.6 is 0 Å². The van der Waals surface area contributed by atoms with Crippen LogP contribution in [0.2, 0.25) is 0 Å². The largest absolute Gasteiger partial charge is 0.466 e. The van der Waals surface area contributed by atoms with Crippen LogP contribution in [0.5, 0.6) is 0 Å². The maximum Gasteiger partial charge on any atom is 0.355 e. The van der Waals surface area contributed by atoms with E-state index in [0.717, 1.165) is 4.90 Å². The van der Waals surface area contributed by atoms with Crippen molar-refractivity contribution in [2.75, 3.05) is 19.1 Å². The Bertz CT molecular complexity index is 1650. The highest BCUT2D eigenvalue weighted by Crippen LogP contribution is 2.43. The maximum atomic E-state index is 13.2. The van der Waals surface area contributed by atoms with E-state index < -0.39 is 17.9 Å². The molecule has 0 radical (unpaired) electrons. The normalized spacial score (nSPS) is 16.5. The Kier molecular flexibility index (Phi) is 7.10. The highest BCUT2D eigenvalue weighted by atomic mass is 16.5. The number of ether oxygens (including phenoxy) is 2. The van der Waals surface area contributed by atoms with Gasteiger partial charge in [0.15, 0.2) is 0 Å². The zero-order valence-corrected chi connectivity index (χ0v) is 22.2. The summed E-state index contributed by atoms with van der Waals surface area (Å²) in [5.74, 6) is -3.51. The highest BCUT2D eigenvalue weighted by molar-refractivity contribution is 6.21. The summed E-state index contributed by atoms with van der Waals surface area (Å²) in [4.78, 5) is 54.4. The summed E-state index contributed by atoms with van der Waals surface area (Å²) in [5, 5.41) is 10.2. The SMILES string of the molecule is COC(=O)C1=C(C(=O)OC)N(c2ccc(CN3C(=O)c4ccccc4C3=O)cc2)C(N)=C(C#N)C1c1ccccc1. The summed E-state index contributed by atoms with van der Waals surface area (Å²) in [7, 11) is 2.35. The number of nitriles is 1. The summed E-state index contributed by atoms with van der Waals surface area (Å²) in [5.41, 5.74) is 8.49. The maximum absolute atomic E-state index is 13.2. The molecule has 0 fully saturated rings. The number of esters is 2. The molecule has 10 heteroatoms. The van der Waals surface area contributed by atoms with E-state index in [1.54, 1.807) is 78.9 Å². The Morgan fingerprint density at radius 2 is 1.41 bits per heavy atom. The van der Waals surface area contributed by atoms with E-state index in [-0.39, 0.29) is 41.0 Å². The molecule has 0 spiro atoms. The Morgan fingerprint density at radius 1 is 0.854 bits per heavy atom. The van der Waals surface area contributed by atoms with Crippen molar-refractivity contribution in [2.24, 2.45) is 5.73 Å². The fraction of sp³-hybridized carbons (Fsp3) is 0.129.